The Morgan fingerprint density at radius 3 is 2.53 bits per heavy atom. The molecule has 7 heteroatoms. The van der Waals surface area contributed by atoms with Gasteiger partial charge in [-0.15, -0.1) is 0 Å². The van der Waals surface area contributed by atoms with E-state index in [1.54, 1.807) is 6.92 Å². The number of nitrogens with zero attached hydrogens (tertiary/aromatic N) is 1. The van der Waals surface area contributed by atoms with Gasteiger partial charge in [-0.3, -0.25) is 24.6 Å². The van der Waals surface area contributed by atoms with Gasteiger partial charge in [-0.2, -0.15) is 0 Å². The van der Waals surface area contributed by atoms with E-state index in [0.717, 1.165) is 17.7 Å². The minimum Gasteiger partial charge on any atom is -0.355 e. The number of amides is 5. The molecule has 1 heterocycles. The van der Waals surface area contributed by atoms with Gasteiger partial charge < -0.3 is 5.32 Å². The lowest BCUT2D eigenvalue weighted by Crippen LogP contribution is -2.64. The number of nitrogens with one attached hydrogen (secondary N) is 2. The SMILES string of the molecule is CCNC(=O)CN1C(=O)NC(=O)C2(CCCC2)C1=O. The van der Waals surface area contributed by atoms with Crippen LogP contribution in [0, 0.1) is 5.41 Å². The summed E-state index contributed by atoms with van der Waals surface area (Å²) in [5, 5.41) is 4.71. The first-order chi connectivity index (χ1) is 9.01. The lowest BCUT2D eigenvalue weighted by Gasteiger charge is -2.36. The van der Waals surface area contributed by atoms with Crippen molar-refractivity contribution in [3.63, 3.8) is 0 Å². The van der Waals surface area contributed by atoms with Crippen LogP contribution in [-0.2, 0) is 14.4 Å². The third-order valence-corrected chi connectivity index (χ3v) is 3.69. The number of hydrogen-bond donors (Lipinski definition) is 2. The molecule has 0 unspecified atom stereocenters. The van der Waals surface area contributed by atoms with Crippen LogP contribution >= 0.6 is 0 Å². The van der Waals surface area contributed by atoms with Crippen LogP contribution in [-0.4, -0.2) is 41.7 Å². The number of hydrogen-bond acceptors (Lipinski definition) is 4. The summed E-state index contributed by atoms with van der Waals surface area (Å²) in [7, 11) is 0. The number of carbonyl (C=O) groups is 4. The minimum absolute atomic E-state index is 0.340. The van der Waals surface area contributed by atoms with Gasteiger partial charge in [-0.05, 0) is 19.8 Å². The second kappa shape index (κ2) is 4.99. The fourth-order valence-electron chi connectivity index (χ4n) is 2.69. The third kappa shape index (κ3) is 2.20. The summed E-state index contributed by atoms with van der Waals surface area (Å²) < 4.78 is 0. The maximum absolute atomic E-state index is 12.4. The van der Waals surface area contributed by atoms with Gasteiger partial charge in [-0.1, -0.05) is 12.8 Å². The molecule has 2 fully saturated rings. The maximum Gasteiger partial charge on any atom is 0.331 e. The molecule has 0 aromatic rings. The molecule has 2 rings (SSSR count). The van der Waals surface area contributed by atoms with Crippen molar-refractivity contribution in [2.24, 2.45) is 5.41 Å². The average Bonchev–Trinajstić information content (AvgIpc) is 2.84. The molecule has 2 N–H and O–H groups in total. The largest absolute Gasteiger partial charge is 0.355 e. The lowest BCUT2D eigenvalue weighted by molar-refractivity contribution is -0.152. The van der Waals surface area contributed by atoms with Crippen molar-refractivity contribution in [1.29, 1.82) is 0 Å². The normalized spacial score (nSPS) is 21.7. The van der Waals surface area contributed by atoms with Crippen molar-refractivity contribution in [3.05, 3.63) is 0 Å². The molecular weight excluding hydrogens is 250 g/mol. The van der Waals surface area contributed by atoms with Gasteiger partial charge in [0.05, 0.1) is 0 Å². The molecule has 2 aliphatic rings. The summed E-state index contributed by atoms with van der Waals surface area (Å²) in [6, 6.07) is -0.807. The van der Waals surface area contributed by atoms with Crippen LogP contribution < -0.4 is 10.6 Å². The van der Waals surface area contributed by atoms with E-state index in [-0.39, 0.29) is 6.54 Å². The standard InChI is InChI=1S/C12H17N3O4/c1-2-13-8(16)7-15-10(18)12(5-3-4-6-12)9(17)14-11(15)19/h2-7H2,1H3,(H,13,16)(H,14,17,19). The molecule has 0 aromatic carbocycles. The maximum atomic E-state index is 12.4. The number of imide groups is 2. The molecule has 7 nitrogen and oxygen atoms in total. The Kier molecular flexibility index (Phi) is 3.55. The predicted molar refractivity (Wildman–Crippen MR) is 64.8 cm³/mol. The number of barbiturate groups is 1. The van der Waals surface area contributed by atoms with Crippen LogP contribution in [0.15, 0.2) is 0 Å². The highest BCUT2D eigenvalue weighted by Crippen LogP contribution is 2.41. The van der Waals surface area contributed by atoms with Crippen LogP contribution in [0.3, 0.4) is 0 Å². The molecule has 1 aliphatic heterocycles. The van der Waals surface area contributed by atoms with Gasteiger partial charge in [0.25, 0.3) is 0 Å². The molecule has 1 spiro atoms. The van der Waals surface area contributed by atoms with Crippen molar-refractivity contribution in [1.82, 2.24) is 15.5 Å². The first kappa shape index (κ1) is 13.5. The van der Waals surface area contributed by atoms with Crippen molar-refractivity contribution in [2.75, 3.05) is 13.1 Å². The summed E-state index contributed by atoms with van der Waals surface area (Å²) in [5.74, 6) is -1.47. The Balaban J connectivity index is 2.19. The van der Waals surface area contributed by atoms with E-state index in [1.165, 1.54) is 0 Å². The Bertz CT molecular complexity index is 440. The van der Waals surface area contributed by atoms with Crippen LogP contribution in [0.25, 0.3) is 0 Å². The minimum atomic E-state index is -1.14. The zero-order valence-electron chi connectivity index (χ0n) is 10.8. The van der Waals surface area contributed by atoms with E-state index in [1.807, 2.05) is 0 Å². The first-order valence-corrected chi connectivity index (χ1v) is 6.45. The highest BCUT2D eigenvalue weighted by Gasteiger charge is 2.55. The van der Waals surface area contributed by atoms with E-state index < -0.39 is 29.2 Å². The summed E-state index contributed by atoms with van der Waals surface area (Å²) >= 11 is 0. The van der Waals surface area contributed by atoms with Gasteiger partial charge >= 0.3 is 6.03 Å². The average molecular weight is 267 g/mol. The number of likely N-dealkylation sites (N-methyl/N-ethyl adjacent to an activating group) is 1. The van der Waals surface area contributed by atoms with Crippen molar-refractivity contribution >= 4 is 23.8 Å². The molecule has 0 atom stereocenters. The molecule has 5 amide bonds. The Morgan fingerprint density at radius 1 is 1.32 bits per heavy atom. The third-order valence-electron chi connectivity index (χ3n) is 3.69. The molecular formula is C12H17N3O4. The molecule has 1 saturated heterocycles. The molecule has 0 aromatic heterocycles. The van der Waals surface area contributed by atoms with E-state index in [2.05, 4.69) is 10.6 Å². The summed E-state index contributed by atoms with van der Waals surface area (Å²) in [4.78, 5) is 48.3. The second-order valence-electron chi connectivity index (χ2n) is 4.89. The van der Waals surface area contributed by atoms with E-state index in [4.69, 9.17) is 0 Å². The summed E-state index contributed by atoms with van der Waals surface area (Å²) in [5.41, 5.74) is -1.14. The molecule has 19 heavy (non-hydrogen) atoms. The molecule has 1 saturated carbocycles. The Labute approximate surface area is 110 Å². The molecule has 104 valence electrons. The van der Waals surface area contributed by atoms with Gasteiger partial charge in [0.1, 0.15) is 12.0 Å². The number of urea groups is 1. The second-order valence-corrected chi connectivity index (χ2v) is 4.89. The van der Waals surface area contributed by atoms with Crippen LogP contribution in [0.5, 0.6) is 0 Å². The molecule has 0 bridgehead atoms. The molecule has 1 aliphatic carbocycles. The Hall–Kier alpha value is -1.92. The number of carbonyl (C=O) groups excluding carboxylic acids is 4. The van der Waals surface area contributed by atoms with Gasteiger partial charge in [-0.25, -0.2) is 4.79 Å². The molecule has 0 radical (unpaired) electrons. The Morgan fingerprint density at radius 2 is 1.95 bits per heavy atom. The predicted octanol–water partition coefficient (Wildman–Crippen LogP) is -0.239. The fourth-order valence-corrected chi connectivity index (χ4v) is 2.69. The summed E-state index contributed by atoms with van der Waals surface area (Å²) in [6.07, 6.45) is 2.44. The van der Waals surface area contributed by atoms with Gasteiger partial charge in [0, 0.05) is 6.54 Å². The van der Waals surface area contributed by atoms with Crippen molar-refractivity contribution < 1.29 is 19.2 Å². The quantitative estimate of drug-likeness (QED) is 0.690. The highest BCUT2D eigenvalue weighted by molar-refractivity contribution is 6.20. The highest BCUT2D eigenvalue weighted by atomic mass is 16.2. The smallest absolute Gasteiger partial charge is 0.331 e. The first-order valence-electron chi connectivity index (χ1n) is 6.45. The van der Waals surface area contributed by atoms with E-state index >= 15 is 0 Å². The van der Waals surface area contributed by atoms with E-state index in [0.29, 0.717) is 19.4 Å². The van der Waals surface area contributed by atoms with E-state index in [9.17, 15) is 19.2 Å². The van der Waals surface area contributed by atoms with Crippen molar-refractivity contribution in [2.45, 2.75) is 32.6 Å². The van der Waals surface area contributed by atoms with Gasteiger partial charge in [0.15, 0.2) is 0 Å². The van der Waals surface area contributed by atoms with Gasteiger partial charge in [0.2, 0.25) is 17.7 Å². The van der Waals surface area contributed by atoms with Crippen LogP contribution in [0.2, 0.25) is 0 Å². The monoisotopic (exact) mass is 267 g/mol. The van der Waals surface area contributed by atoms with Crippen LogP contribution in [0.1, 0.15) is 32.6 Å². The topological polar surface area (TPSA) is 95.6 Å². The lowest BCUT2D eigenvalue weighted by atomic mass is 9.82. The van der Waals surface area contributed by atoms with Crippen LogP contribution in [0.4, 0.5) is 4.79 Å². The fraction of sp³-hybridized carbons (Fsp3) is 0.667. The van der Waals surface area contributed by atoms with Crippen molar-refractivity contribution in [3.8, 4) is 0 Å². The zero-order valence-corrected chi connectivity index (χ0v) is 10.8. The number of rotatable bonds is 3. The zero-order chi connectivity index (χ0) is 14.0. The summed E-state index contributed by atoms with van der Waals surface area (Å²) in [6.45, 7) is 1.83.